The van der Waals surface area contributed by atoms with Crippen molar-refractivity contribution in [2.75, 3.05) is 20.8 Å². The van der Waals surface area contributed by atoms with Crippen LogP contribution in [-0.2, 0) is 16.0 Å². The molecular weight excluding hydrogens is 218 g/mol. The SMILES string of the molecule is COC(OC)c1cncn1CCC1CCCN1. The highest BCUT2D eigenvalue weighted by Gasteiger charge is 2.17. The van der Waals surface area contributed by atoms with Crippen LogP contribution in [0.5, 0.6) is 0 Å². The van der Waals surface area contributed by atoms with Gasteiger partial charge in [0, 0.05) is 26.8 Å². The Labute approximate surface area is 102 Å². The molecule has 5 heteroatoms. The van der Waals surface area contributed by atoms with Crippen molar-refractivity contribution in [3.05, 3.63) is 18.2 Å². The van der Waals surface area contributed by atoms with Gasteiger partial charge < -0.3 is 19.4 Å². The van der Waals surface area contributed by atoms with Crippen molar-refractivity contribution in [3.8, 4) is 0 Å². The first-order chi connectivity index (χ1) is 8.35. The summed E-state index contributed by atoms with van der Waals surface area (Å²) < 4.78 is 12.6. The van der Waals surface area contributed by atoms with Crippen LogP contribution in [0.1, 0.15) is 31.2 Å². The van der Waals surface area contributed by atoms with Crippen LogP contribution in [0.2, 0.25) is 0 Å². The molecule has 1 aliphatic heterocycles. The highest BCUT2D eigenvalue weighted by Crippen LogP contribution is 2.18. The molecule has 0 saturated carbocycles. The summed E-state index contributed by atoms with van der Waals surface area (Å²) in [6.07, 6.45) is 7.02. The topological polar surface area (TPSA) is 48.3 Å². The van der Waals surface area contributed by atoms with Gasteiger partial charge >= 0.3 is 0 Å². The Bertz CT molecular complexity index is 330. The smallest absolute Gasteiger partial charge is 0.200 e. The van der Waals surface area contributed by atoms with Crippen molar-refractivity contribution in [3.63, 3.8) is 0 Å². The Balaban J connectivity index is 1.93. The number of ether oxygens (including phenoxy) is 2. The molecule has 1 aromatic rings. The zero-order valence-corrected chi connectivity index (χ0v) is 10.6. The predicted octanol–water partition coefficient (Wildman–Crippen LogP) is 1.32. The molecule has 1 atom stereocenters. The summed E-state index contributed by atoms with van der Waals surface area (Å²) in [5.41, 5.74) is 0.980. The van der Waals surface area contributed by atoms with Gasteiger partial charge in [0.05, 0.1) is 18.2 Å². The third kappa shape index (κ3) is 3.06. The molecule has 0 amide bonds. The molecule has 17 heavy (non-hydrogen) atoms. The largest absolute Gasteiger partial charge is 0.350 e. The van der Waals surface area contributed by atoms with Crippen molar-refractivity contribution in [2.45, 2.75) is 38.1 Å². The number of rotatable bonds is 6. The highest BCUT2D eigenvalue weighted by atomic mass is 16.7. The van der Waals surface area contributed by atoms with E-state index in [4.69, 9.17) is 9.47 Å². The molecule has 0 aliphatic carbocycles. The molecule has 1 saturated heterocycles. The summed E-state index contributed by atoms with van der Waals surface area (Å²) in [4.78, 5) is 4.17. The second-order valence-corrected chi connectivity index (χ2v) is 4.40. The second kappa shape index (κ2) is 6.14. The first-order valence-electron chi connectivity index (χ1n) is 6.14. The molecule has 0 bridgehead atoms. The van der Waals surface area contributed by atoms with Gasteiger partial charge in [0.25, 0.3) is 0 Å². The average molecular weight is 239 g/mol. The van der Waals surface area contributed by atoms with E-state index in [1.807, 2.05) is 6.33 Å². The number of imidazole rings is 1. The van der Waals surface area contributed by atoms with Crippen molar-refractivity contribution in [1.29, 1.82) is 0 Å². The highest BCUT2D eigenvalue weighted by molar-refractivity contribution is 5.00. The fraction of sp³-hybridized carbons (Fsp3) is 0.750. The molecule has 0 radical (unpaired) electrons. The molecular formula is C12H21N3O2. The lowest BCUT2D eigenvalue weighted by Gasteiger charge is -2.17. The Kier molecular flexibility index (Phi) is 4.53. The molecule has 2 heterocycles. The third-order valence-electron chi connectivity index (χ3n) is 3.29. The summed E-state index contributed by atoms with van der Waals surface area (Å²) in [5, 5.41) is 3.50. The van der Waals surface area contributed by atoms with E-state index in [-0.39, 0.29) is 6.29 Å². The van der Waals surface area contributed by atoms with Gasteiger partial charge in [-0.15, -0.1) is 0 Å². The molecule has 96 valence electrons. The number of nitrogens with one attached hydrogen (secondary N) is 1. The van der Waals surface area contributed by atoms with Gasteiger partial charge in [-0.3, -0.25) is 0 Å². The molecule has 1 unspecified atom stereocenters. The maximum atomic E-state index is 5.26. The van der Waals surface area contributed by atoms with E-state index in [9.17, 15) is 0 Å². The van der Waals surface area contributed by atoms with E-state index in [1.54, 1.807) is 20.4 Å². The van der Waals surface area contributed by atoms with Crippen LogP contribution in [0.25, 0.3) is 0 Å². The van der Waals surface area contributed by atoms with E-state index in [1.165, 1.54) is 12.8 Å². The van der Waals surface area contributed by atoms with Crippen LogP contribution < -0.4 is 5.32 Å². The maximum Gasteiger partial charge on any atom is 0.200 e. The maximum absolute atomic E-state index is 5.26. The number of hydrogen-bond donors (Lipinski definition) is 1. The molecule has 1 N–H and O–H groups in total. The number of hydrogen-bond acceptors (Lipinski definition) is 4. The van der Waals surface area contributed by atoms with Crippen LogP contribution in [-0.4, -0.2) is 36.4 Å². The van der Waals surface area contributed by atoms with E-state index in [2.05, 4.69) is 14.9 Å². The van der Waals surface area contributed by atoms with Gasteiger partial charge in [-0.1, -0.05) is 0 Å². The van der Waals surface area contributed by atoms with E-state index >= 15 is 0 Å². The zero-order valence-electron chi connectivity index (χ0n) is 10.6. The summed E-state index contributed by atoms with van der Waals surface area (Å²) >= 11 is 0. The minimum atomic E-state index is -0.325. The van der Waals surface area contributed by atoms with Gasteiger partial charge in [-0.05, 0) is 25.8 Å². The quantitative estimate of drug-likeness (QED) is 0.761. The zero-order chi connectivity index (χ0) is 12.1. The normalized spacial score (nSPS) is 20.3. The number of aromatic nitrogens is 2. The third-order valence-corrected chi connectivity index (χ3v) is 3.29. The predicted molar refractivity (Wildman–Crippen MR) is 64.6 cm³/mol. The number of nitrogens with zero attached hydrogens (tertiary/aromatic N) is 2. The summed E-state index contributed by atoms with van der Waals surface area (Å²) in [6.45, 7) is 2.11. The van der Waals surface area contributed by atoms with Crippen molar-refractivity contribution in [1.82, 2.24) is 14.9 Å². The molecule has 0 aromatic carbocycles. The Morgan fingerprint density at radius 3 is 3.00 bits per heavy atom. The van der Waals surface area contributed by atoms with Crippen LogP contribution in [0.4, 0.5) is 0 Å². The Hall–Kier alpha value is -0.910. The van der Waals surface area contributed by atoms with Gasteiger partial charge in [-0.2, -0.15) is 0 Å². The molecule has 0 spiro atoms. The van der Waals surface area contributed by atoms with Crippen molar-refractivity contribution >= 4 is 0 Å². The summed E-state index contributed by atoms with van der Waals surface area (Å²) in [6, 6.07) is 0.647. The standard InChI is InChI=1S/C12H21N3O2/c1-16-12(17-2)11-8-13-9-15(11)7-5-10-4-3-6-14-10/h8-10,12,14H,3-7H2,1-2H3. The minimum absolute atomic E-state index is 0.325. The van der Waals surface area contributed by atoms with Gasteiger partial charge in [-0.25, -0.2) is 4.98 Å². The number of methoxy groups -OCH3 is 2. The fourth-order valence-electron chi connectivity index (χ4n) is 2.35. The lowest BCUT2D eigenvalue weighted by molar-refractivity contribution is -0.110. The first kappa shape index (κ1) is 12.5. The molecule has 2 rings (SSSR count). The lowest BCUT2D eigenvalue weighted by atomic mass is 10.1. The molecule has 1 aromatic heterocycles. The van der Waals surface area contributed by atoms with Crippen molar-refractivity contribution in [2.24, 2.45) is 0 Å². The van der Waals surface area contributed by atoms with Gasteiger partial charge in [0.2, 0.25) is 0 Å². The Morgan fingerprint density at radius 1 is 1.53 bits per heavy atom. The monoisotopic (exact) mass is 239 g/mol. The van der Waals surface area contributed by atoms with E-state index < -0.39 is 0 Å². The van der Waals surface area contributed by atoms with Crippen LogP contribution in [0.3, 0.4) is 0 Å². The molecule has 1 aliphatic rings. The van der Waals surface area contributed by atoms with Crippen molar-refractivity contribution < 1.29 is 9.47 Å². The Morgan fingerprint density at radius 2 is 2.35 bits per heavy atom. The molecule has 5 nitrogen and oxygen atoms in total. The number of aryl methyl sites for hydroxylation is 1. The van der Waals surface area contributed by atoms with Gasteiger partial charge in [0.1, 0.15) is 0 Å². The summed E-state index contributed by atoms with van der Waals surface area (Å²) in [5.74, 6) is 0. The fourth-order valence-corrected chi connectivity index (χ4v) is 2.35. The minimum Gasteiger partial charge on any atom is -0.350 e. The summed E-state index contributed by atoms with van der Waals surface area (Å²) in [7, 11) is 3.29. The van der Waals surface area contributed by atoms with E-state index in [0.717, 1.165) is 25.2 Å². The first-order valence-corrected chi connectivity index (χ1v) is 6.14. The van der Waals surface area contributed by atoms with Gasteiger partial charge in [0.15, 0.2) is 6.29 Å². The van der Waals surface area contributed by atoms with Crippen LogP contribution >= 0.6 is 0 Å². The lowest BCUT2D eigenvalue weighted by Crippen LogP contribution is -2.23. The molecule has 1 fully saturated rings. The van der Waals surface area contributed by atoms with E-state index in [0.29, 0.717) is 6.04 Å². The van der Waals surface area contributed by atoms with Crippen LogP contribution in [0.15, 0.2) is 12.5 Å². The van der Waals surface area contributed by atoms with Crippen LogP contribution in [0, 0.1) is 0 Å². The second-order valence-electron chi connectivity index (χ2n) is 4.40. The average Bonchev–Trinajstić information content (AvgIpc) is 2.99.